The van der Waals surface area contributed by atoms with Gasteiger partial charge in [0.25, 0.3) is 0 Å². The van der Waals surface area contributed by atoms with Gasteiger partial charge in [-0.25, -0.2) is 17.5 Å². The van der Waals surface area contributed by atoms with Gasteiger partial charge in [0.05, 0.1) is 12.0 Å². The first-order valence-electron chi connectivity index (χ1n) is 8.02. The van der Waals surface area contributed by atoms with Crippen molar-refractivity contribution >= 4 is 15.7 Å². The standard InChI is InChI=1S/C18H23FN2O3S/c1-4-21(15-7-5-6-14(2)12-15)11-10-20-25(22,23)16-8-9-18(24-3)17(19)13-16/h5-9,12-13,20H,4,10-11H2,1-3H3. The lowest BCUT2D eigenvalue weighted by Crippen LogP contribution is -2.35. The Morgan fingerprint density at radius 1 is 1.20 bits per heavy atom. The van der Waals surface area contributed by atoms with E-state index >= 15 is 0 Å². The quantitative estimate of drug-likeness (QED) is 0.780. The summed E-state index contributed by atoms with van der Waals surface area (Å²) in [6, 6.07) is 11.6. The van der Waals surface area contributed by atoms with Crippen molar-refractivity contribution < 1.29 is 17.5 Å². The maximum Gasteiger partial charge on any atom is 0.240 e. The molecule has 0 fully saturated rings. The van der Waals surface area contributed by atoms with Crippen molar-refractivity contribution in [2.75, 3.05) is 31.6 Å². The summed E-state index contributed by atoms with van der Waals surface area (Å²) >= 11 is 0. The molecule has 0 aliphatic carbocycles. The van der Waals surface area contributed by atoms with Crippen molar-refractivity contribution in [3.05, 3.63) is 53.8 Å². The fraction of sp³-hybridized carbons (Fsp3) is 0.333. The summed E-state index contributed by atoms with van der Waals surface area (Å²) < 4.78 is 45.6. The van der Waals surface area contributed by atoms with E-state index in [1.54, 1.807) is 0 Å². The van der Waals surface area contributed by atoms with E-state index in [4.69, 9.17) is 4.74 Å². The molecular weight excluding hydrogens is 343 g/mol. The normalized spacial score (nSPS) is 11.4. The zero-order valence-corrected chi connectivity index (χ0v) is 15.4. The van der Waals surface area contributed by atoms with Crippen molar-refractivity contribution in [3.8, 4) is 5.75 Å². The zero-order valence-electron chi connectivity index (χ0n) is 14.6. The van der Waals surface area contributed by atoms with E-state index in [1.165, 1.54) is 19.2 Å². The third-order valence-electron chi connectivity index (χ3n) is 3.86. The van der Waals surface area contributed by atoms with Crippen LogP contribution < -0.4 is 14.4 Å². The summed E-state index contributed by atoms with van der Waals surface area (Å²) in [5, 5.41) is 0. The number of halogens is 1. The maximum atomic E-state index is 13.7. The van der Waals surface area contributed by atoms with Crippen molar-refractivity contribution in [3.63, 3.8) is 0 Å². The molecule has 2 aromatic rings. The van der Waals surface area contributed by atoms with Gasteiger partial charge in [-0.2, -0.15) is 0 Å². The number of ether oxygens (including phenoxy) is 1. The van der Waals surface area contributed by atoms with Crippen LogP contribution in [0.2, 0.25) is 0 Å². The topological polar surface area (TPSA) is 58.6 Å². The van der Waals surface area contributed by atoms with Crippen LogP contribution in [-0.4, -0.2) is 35.2 Å². The molecule has 5 nitrogen and oxygen atoms in total. The molecular formula is C18H23FN2O3S. The Morgan fingerprint density at radius 3 is 2.56 bits per heavy atom. The van der Waals surface area contributed by atoms with Crippen LogP contribution in [0.3, 0.4) is 0 Å². The number of sulfonamides is 1. The molecule has 0 unspecified atom stereocenters. The molecule has 0 saturated carbocycles. The Kier molecular flexibility index (Phi) is 6.39. The predicted octanol–water partition coefficient (Wildman–Crippen LogP) is 2.95. The summed E-state index contributed by atoms with van der Waals surface area (Å²) in [5.74, 6) is -0.698. The van der Waals surface area contributed by atoms with Crippen LogP contribution in [0.1, 0.15) is 12.5 Å². The summed E-state index contributed by atoms with van der Waals surface area (Å²) in [5.41, 5.74) is 2.18. The lowest BCUT2D eigenvalue weighted by Gasteiger charge is -2.23. The van der Waals surface area contributed by atoms with Gasteiger partial charge >= 0.3 is 0 Å². The van der Waals surface area contributed by atoms with Crippen LogP contribution in [0.5, 0.6) is 5.75 Å². The van der Waals surface area contributed by atoms with E-state index in [1.807, 2.05) is 32.0 Å². The Hall–Kier alpha value is -2.12. The number of anilines is 1. The Morgan fingerprint density at radius 2 is 1.96 bits per heavy atom. The summed E-state index contributed by atoms with van der Waals surface area (Å²) in [6.07, 6.45) is 0. The second-order valence-corrected chi connectivity index (χ2v) is 7.38. The number of benzene rings is 2. The van der Waals surface area contributed by atoms with E-state index in [2.05, 4.69) is 15.7 Å². The number of likely N-dealkylation sites (N-methyl/N-ethyl adjacent to an activating group) is 1. The van der Waals surface area contributed by atoms with Gasteiger partial charge in [-0.3, -0.25) is 0 Å². The van der Waals surface area contributed by atoms with E-state index in [-0.39, 0.29) is 17.2 Å². The first kappa shape index (κ1) is 19.2. The molecule has 0 heterocycles. The van der Waals surface area contributed by atoms with Crippen molar-refractivity contribution in [2.24, 2.45) is 0 Å². The van der Waals surface area contributed by atoms with Crippen LogP contribution in [-0.2, 0) is 10.0 Å². The number of nitrogens with zero attached hydrogens (tertiary/aromatic N) is 1. The monoisotopic (exact) mass is 366 g/mol. The number of nitrogens with one attached hydrogen (secondary N) is 1. The molecule has 0 radical (unpaired) electrons. The number of methoxy groups -OCH3 is 1. The minimum atomic E-state index is -3.77. The van der Waals surface area contributed by atoms with Crippen molar-refractivity contribution in [2.45, 2.75) is 18.7 Å². The molecule has 136 valence electrons. The molecule has 0 saturated heterocycles. The third kappa shape index (κ3) is 4.93. The highest BCUT2D eigenvalue weighted by Crippen LogP contribution is 2.20. The van der Waals surface area contributed by atoms with Gasteiger partial charge in [-0.05, 0) is 49.7 Å². The highest BCUT2D eigenvalue weighted by atomic mass is 32.2. The smallest absolute Gasteiger partial charge is 0.240 e. The average molecular weight is 366 g/mol. The minimum absolute atomic E-state index is 0.00977. The van der Waals surface area contributed by atoms with Gasteiger partial charge in [-0.1, -0.05) is 12.1 Å². The van der Waals surface area contributed by atoms with Crippen molar-refractivity contribution in [1.29, 1.82) is 0 Å². The Labute approximate surface area is 148 Å². The predicted molar refractivity (Wildman–Crippen MR) is 97.2 cm³/mol. The second kappa shape index (κ2) is 8.31. The molecule has 0 aliphatic heterocycles. The molecule has 7 heteroatoms. The van der Waals surface area contributed by atoms with Crippen LogP contribution >= 0.6 is 0 Å². The second-order valence-electron chi connectivity index (χ2n) is 5.61. The summed E-state index contributed by atoms with van der Waals surface area (Å²) in [7, 11) is -2.45. The third-order valence-corrected chi connectivity index (χ3v) is 5.31. The van der Waals surface area contributed by atoms with Gasteiger partial charge < -0.3 is 9.64 Å². The summed E-state index contributed by atoms with van der Waals surface area (Å²) in [6.45, 7) is 5.51. The Bertz CT molecular complexity index is 825. The van der Waals surface area contributed by atoms with Gasteiger partial charge in [0.1, 0.15) is 0 Å². The number of rotatable bonds is 8. The van der Waals surface area contributed by atoms with Crippen LogP contribution in [0, 0.1) is 12.7 Å². The SMILES string of the molecule is CCN(CCNS(=O)(=O)c1ccc(OC)c(F)c1)c1cccc(C)c1. The van der Waals surface area contributed by atoms with E-state index in [9.17, 15) is 12.8 Å². The Balaban J connectivity index is 2.03. The molecule has 2 aromatic carbocycles. The van der Waals surface area contributed by atoms with E-state index in [0.717, 1.165) is 23.9 Å². The van der Waals surface area contributed by atoms with E-state index < -0.39 is 15.8 Å². The number of hydrogen-bond acceptors (Lipinski definition) is 4. The highest BCUT2D eigenvalue weighted by molar-refractivity contribution is 7.89. The summed E-state index contributed by atoms with van der Waals surface area (Å²) in [4.78, 5) is 1.95. The molecule has 0 bridgehead atoms. The molecule has 0 aliphatic rings. The number of hydrogen-bond donors (Lipinski definition) is 1. The fourth-order valence-electron chi connectivity index (χ4n) is 2.51. The van der Waals surface area contributed by atoms with Crippen LogP contribution in [0.25, 0.3) is 0 Å². The van der Waals surface area contributed by atoms with Gasteiger partial charge in [0.15, 0.2) is 11.6 Å². The van der Waals surface area contributed by atoms with Crippen LogP contribution in [0.4, 0.5) is 10.1 Å². The fourth-order valence-corrected chi connectivity index (χ4v) is 3.54. The first-order valence-corrected chi connectivity index (χ1v) is 9.50. The molecule has 1 N–H and O–H groups in total. The molecule has 0 atom stereocenters. The average Bonchev–Trinajstić information content (AvgIpc) is 2.58. The largest absolute Gasteiger partial charge is 0.494 e. The van der Waals surface area contributed by atoms with Gasteiger partial charge in [0, 0.05) is 25.3 Å². The van der Waals surface area contributed by atoms with Crippen LogP contribution in [0.15, 0.2) is 47.4 Å². The van der Waals surface area contributed by atoms with Gasteiger partial charge in [-0.15, -0.1) is 0 Å². The number of aryl methyl sites for hydroxylation is 1. The van der Waals surface area contributed by atoms with Gasteiger partial charge in [0.2, 0.25) is 10.0 Å². The molecule has 0 aromatic heterocycles. The zero-order chi connectivity index (χ0) is 18.4. The first-order chi connectivity index (χ1) is 11.9. The maximum absolute atomic E-state index is 13.7. The lowest BCUT2D eigenvalue weighted by molar-refractivity contribution is 0.385. The molecule has 0 amide bonds. The highest BCUT2D eigenvalue weighted by Gasteiger charge is 2.16. The van der Waals surface area contributed by atoms with E-state index in [0.29, 0.717) is 6.54 Å². The minimum Gasteiger partial charge on any atom is -0.494 e. The van der Waals surface area contributed by atoms with Crippen molar-refractivity contribution in [1.82, 2.24) is 4.72 Å². The molecule has 0 spiro atoms. The molecule has 2 rings (SSSR count). The lowest BCUT2D eigenvalue weighted by atomic mass is 10.2. The molecule has 25 heavy (non-hydrogen) atoms.